The zero-order valence-corrected chi connectivity index (χ0v) is 22.1. The van der Waals surface area contributed by atoms with Crippen LogP contribution in [-0.2, 0) is 27.3 Å². The van der Waals surface area contributed by atoms with Crippen molar-refractivity contribution in [1.82, 2.24) is 10.2 Å². The molecule has 3 rings (SSSR count). The first-order chi connectivity index (χ1) is 17.3. The molecular weight excluding hydrogens is 478 g/mol. The highest BCUT2D eigenvalue weighted by atomic mass is 16.3. The summed E-state index contributed by atoms with van der Waals surface area (Å²) in [5.41, 5.74) is 4.12. The Labute approximate surface area is 217 Å². The molecule has 1 amide bonds. The van der Waals surface area contributed by atoms with Crippen molar-refractivity contribution >= 4 is 23.2 Å². The number of likely N-dealkylation sites (N-methyl/N-ethyl adjacent to an activating group) is 1. The smallest absolute Gasteiger partial charge is 0.227 e. The Hall–Kier alpha value is -2.79. The van der Waals surface area contributed by atoms with Crippen molar-refractivity contribution in [2.45, 2.75) is 51.8 Å². The van der Waals surface area contributed by atoms with Gasteiger partial charge in [0.15, 0.2) is 11.4 Å². The molecule has 2 aliphatic rings. The highest BCUT2D eigenvalue weighted by Crippen LogP contribution is 2.50. The molecule has 10 heteroatoms. The van der Waals surface area contributed by atoms with Crippen molar-refractivity contribution in [3.63, 3.8) is 0 Å². The topological polar surface area (TPSA) is 173 Å². The van der Waals surface area contributed by atoms with Gasteiger partial charge in [0, 0.05) is 24.1 Å². The summed E-state index contributed by atoms with van der Waals surface area (Å²) in [5, 5.41) is 47.2. The predicted molar refractivity (Wildman–Crippen MR) is 137 cm³/mol. The summed E-state index contributed by atoms with van der Waals surface area (Å²) < 4.78 is 0. The van der Waals surface area contributed by atoms with Crippen LogP contribution in [0.5, 0.6) is 5.75 Å². The Bertz CT molecular complexity index is 1110. The minimum absolute atomic E-state index is 0.0796. The summed E-state index contributed by atoms with van der Waals surface area (Å²) in [4.78, 5) is 40.8. The maximum Gasteiger partial charge on any atom is 0.227 e. The summed E-state index contributed by atoms with van der Waals surface area (Å²) in [6, 6.07) is 2.42. The third-order valence-electron chi connectivity index (χ3n) is 7.78. The highest BCUT2D eigenvalue weighted by molar-refractivity contribution is 6.24. The molecule has 2 aliphatic carbocycles. The van der Waals surface area contributed by atoms with Gasteiger partial charge in [-0.2, -0.15) is 0 Å². The molecule has 1 saturated carbocycles. The molecule has 0 saturated heterocycles. The van der Waals surface area contributed by atoms with E-state index in [-0.39, 0.29) is 29.7 Å². The molecule has 7 N–H and O–H groups in total. The minimum atomic E-state index is -2.70. The van der Waals surface area contributed by atoms with Gasteiger partial charge in [-0.1, -0.05) is 19.9 Å². The molecule has 10 nitrogen and oxygen atoms in total. The number of hydrogen-bond acceptors (Lipinski definition) is 9. The van der Waals surface area contributed by atoms with Gasteiger partial charge in [-0.3, -0.25) is 14.4 Å². The summed E-state index contributed by atoms with van der Waals surface area (Å²) in [6.45, 7) is 6.18. The molecule has 1 fully saturated rings. The second kappa shape index (κ2) is 10.9. The zero-order valence-electron chi connectivity index (χ0n) is 22.1. The number of nitrogens with one attached hydrogen (secondary N) is 1. The van der Waals surface area contributed by atoms with Gasteiger partial charge in [0.1, 0.15) is 11.5 Å². The second-order valence-electron chi connectivity index (χ2n) is 10.9. The van der Waals surface area contributed by atoms with Crippen LogP contribution in [0.2, 0.25) is 0 Å². The Morgan fingerprint density at radius 1 is 1.22 bits per heavy atom. The third-order valence-corrected chi connectivity index (χ3v) is 7.78. The number of amides is 1. The molecule has 0 bridgehead atoms. The number of fused-ring (bicyclic) bond motifs is 2. The normalized spacial score (nSPS) is 25.2. The number of aromatic hydroxyl groups is 1. The number of benzene rings is 1. The summed E-state index contributed by atoms with van der Waals surface area (Å²) in [6.07, 6.45) is 0.363. The average Bonchev–Trinajstić information content (AvgIpc) is 2.82. The second-order valence-corrected chi connectivity index (χ2v) is 10.9. The fraction of sp³-hybridized carbons (Fsp3) is 0.593. The van der Waals surface area contributed by atoms with Crippen LogP contribution in [0.3, 0.4) is 0 Å². The summed E-state index contributed by atoms with van der Waals surface area (Å²) >= 11 is 0. The first kappa shape index (κ1) is 28.8. The van der Waals surface area contributed by atoms with Gasteiger partial charge in [0.25, 0.3) is 0 Å². The van der Waals surface area contributed by atoms with Gasteiger partial charge >= 0.3 is 0 Å². The lowest BCUT2D eigenvalue weighted by Crippen LogP contribution is -2.65. The SMILES string of the molecule is CC(C)CNCc1ccc(O)c2c1C[C@H]1C[C@@H](C(CO)N(C)C)[C@@](O)(C(=O)C(C)C(N)=O)C(=O)C1=C2O. The summed E-state index contributed by atoms with van der Waals surface area (Å²) in [7, 11) is 3.31. The lowest BCUT2D eigenvalue weighted by atomic mass is 9.59. The molecule has 37 heavy (non-hydrogen) atoms. The molecule has 204 valence electrons. The monoisotopic (exact) mass is 517 g/mol. The van der Waals surface area contributed by atoms with E-state index in [4.69, 9.17) is 5.73 Å². The van der Waals surface area contributed by atoms with Gasteiger partial charge < -0.3 is 36.4 Å². The van der Waals surface area contributed by atoms with Crippen LogP contribution in [0.1, 0.15) is 43.9 Å². The van der Waals surface area contributed by atoms with E-state index in [0.29, 0.717) is 18.0 Å². The van der Waals surface area contributed by atoms with Crippen LogP contribution in [0.25, 0.3) is 5.76 Å². The molecule has 0 aromatic heterocycles. The zero-order chi connectivity index (χ0) is 27.8. The number of carbonyl (C=O) groups is 3. The van der Waals surface area contributed by atoms with Gasteiger partial charge in [-0.15, -0.1) is 0 Å². The lowest BCUT2D eigenvalue weighted by Gasteiger charge is -2.48. The molecule has 1 aromatic rings. The minimum Gasteiger partial charge on any atom is -0.507 e. The van der Waals surface area contributed by atoms with Crippen LogP contribution in [0, 0.1) is 23.7 Å². The Morgan fingerprint density at radius 3 is 2.41 bits per heavy atom. The molecule has 1 aromatic carbocycles. The predicted octanol–water partition coefficient (Wildman–Crippen LogP) is 0.512. The number of aliphatic hydroxyl groups is 3. The van der Waals surface area contributed by atoms with Crippen molar-refractivity contribution < 1.29 is 34.8 Å². The largest absolute Gasteiger partial charge is 0.507 e. The van der Waals surface area contributed by atoms with E-state index in [9.17, 15) is 34.8 Å². The molecule has 0 radical (unpaired) electrons. The van der Waals surface area contributed by atoms with Gasteiger partial charge in [-0.05, 0) is 69.4 Å². The highest BCUT2D eigenvalue weighted by Gasteiger charge is 2.61. The molecular formula is C27H39N3O7. The fourth-order valence-corrected chi connectivity index (χ4v) is 5.70. The number of phenolic OH excluding ortho intramolecular Hbond substituents is 1. The van der Waals surface area contributed by atoms with E-state index in [1.165, 1.54) is 13.0 Å². The number of phenols is 1. The fourth-order valence-electron chi connectivity index (χ4n) is 5.70. The van der Waals surface area contributed by atoms with Crippen molar-refractivity contribution in [3.8, 4) is 5.75 Å². The number of ketones is 2. The van der Waals surface area contributed by atoms with Gasteiger partial charge in [0.2, 0.25) is 11.7 Å². The summed E-state index contributed by atoms with van der Waals surface area (Å²) in [5.74, 6) is -6.51. The van der Waals surface area contributed by atoms with Crippen molar-refractivity contribution in [1.29, 1.82) is 0 Å². The number of carbonyl (C=O) groups excluding carboxylic acids is 3. The first-order valence-corrected chi connectivity index (χ1v) is 12.6. The van der Waals surface area contributed by atoms with Crippen molar-refractivity contribution in [2.24, 2.45) is 29.4 Å². The lowest BCUT2D eigenvalue weighted by molar-refractivity contribution is -0.166. The van der Waals surface area contributed by atoms with E-state index in [1.54, 1.807) is 25.1 Å². The number of aliphatic hydroxyl groups excluding tert-OH is 2. The van der Waals surface area contributed by atoms with Crippen LogP contribution < -0.4 is 11.1 Å². The van der Waals surface area contributed by atoms with Gasteiger partial charge in [-0.25, -0.2) is 0 Å². The van der Waals surface area contributed by atoms with E-state index < -0.39 is 59.2 Å². The number of nitrogens with zero attached hydrogens (tertiary/aromatic N) is 1. The maximum absolute atomic E-state index is 13.9. The maximum atomic E-state index is 13.9. The Morgan fingerprint density at radius 2 is 1.86 bits per heavy atom. The molecule has 5 atom stereocenters. The van der Waals surface area contributed by atoms with E-state index in [1.807, 2.05) is 0 Å². The molecule has 2 unspecified atom stereocenters. The van der Waals surface area contributed by atoms with Crippen molar-refractivity contribution in [3.05, 3.63) is 34.4 Å². The number of rotatable bonds is 10. The van der Waals surface area contributed by atoms with E-state index >= 15 is 0 Å². The Kier molecular flexibility index (Phi) is 8.48. The number of primary amides is 1. The number of nitrogens with two attached hydrogens (primary N) is 1. The van der Waals surface area contributed by atoms with Crippen LogP contribution >= 0.6 is 0 Å². The van der Waals surface area contributed by atoms with E-state index in [0.717, 1.165) is 12.1 Å². The molecule has 0 aliphatic heterocycles. The Balaban J connectivity index is 2.18. The molecule has 0 spiro atoms. The number of hydrogen-bond donors (Lipinski definition) is 6. The molecule has 0 heterocycles. The van der Waals surface area contributed by atoms with Crippen LogP contribution in [0.4, 0.5) is 0 Å². The van der Waals surface area contributed by atoms with Crippen LogP contribution in [-0.4, -0.2) is 81.7 Å². The quantitative estimate of drug-likeness (QED) is 0.242. The van der Waals surface area contributed by atoms with Crippen LogP contribution in [0.15, 0.2) is 17.7 Å². The van der Waals surface area contributed by atoms with Gasteiger partial charge in [0.05, 0.1) is 18.1 Å². The average molecular weight is 518 g/mol. The van der Waals surface area contributed by atoms with Crippen molar-refractivity contribution in [2.75, 3.05) is 27.2 Å². The third kappa shape index (κ3) is 5.03. The number of Topliss-reactive ketones (excluding diaryl/α,β-unsaturated/α-hetero) is 2. The standard InChI is InChI=1S/C27H39N3O7/c1-13(2)10-29-11-15-6-7-20(32)22-17(15)8-16-9-18(19(12-31)30(4)5)27(37,24(34)14(3)26(28)36)25(35)21(16)23(22)33/h6-7,13-14,16,18-19,29,31-33,37H,8-12H2,1-5H3,(H2,28,36)/t14?,16-,18-,19?,27+/m0/s1. The van der Waals surface area contributed by atoms with E-state index in [2.05, 4.69) is 19.2 Å². The first-order valence-electron chi connectivity index (χ1n) is 12.6.